The zero-order valence-electron chi connectivity index (χ0n) is 13.3. The van der Waals surface area contributed by atoms with E-state index in [1.54, 1.807) is 12.1 Å². The number of hydrogen-bond acceptors (Lipinski definition) is 4. The molecule has 1 saturated heterocycles. The van der Waals surface area contributed by atoms with Crippen LogP contribution in [-0.4, -0.2) is 45.2 Å². The normalized spacial score (nSPS) is 20.8. The predicted octanol–water partition coefficient (Wildman–Crippen LogP) is 2.56. The summed E-state index contributed by atoms with van der Waals surface area (Å²) in [6.45, 7) is 4.02. The van der Waals surface area contributed by atoms with Gasteiger partial charge < -0.3 is 0 Å². The van der Waals surface area contributed by atoms with Crippen molar-refractivity contribution in [1.82, 2.24) is 4.31 Å². The van der Waals surface area contributed by atoms with E-state index >= 15 is 0 Å². The van der Waals surface area contributed by atoms with E-state index in [9.17, 15) is 16.8 Å². The molecule has 0 aromatic heterocycles. The third-order valence-corrected chi connectivity index (χ3v) is 8.77. The van der Waals surface area contributed by atoms with Crippen molar-refractivity contribution >= 4 is 31.5 Å². The van der Waals surface area contributed by atoms with Gasteiger partial charge in [0.15, 0.2) is 9.84 Å². The first-order valence-corrected chi connectivity index (χ1v) is 11.1. The van der Waals surface area contributed by atoms with E-state index in [0.717, 1.165) is 0 Å². The van der Waals surface area contributed by atoms with Crippen molar-refractivity contribution in [2.24, 2.45) is 5.92 Å². The molecule has 0 radical (unpaired) electrons. The van der Waals surface area contributed by atoms with Crippen molar-refractivity contribution in [3.8, 4) is 0 Å². The molecule has 8 heteroatoms. The van der Waals surface area contributed by atoms with Crippen molar-refractivity contribution in [3.05, 3.63) is 29.3 Å². The molecule has 23 heavy (non-hydrogen) atoms. The summed E-state index contributed by atoms with van der Waals surface area (Å²) in [5.41, 5.74) is 0. The summed E-state index contributed by atoms with van der Waals surface area (Å²) < 4.78 is 51.6. The fourth-order valence-electron chi connectivity index (χ4n) is 2.81. The molecule has 0 amide bonds. The Balaban J connectivity index is 2.26. The summed E-state index contributed by atoms with van der Waals surface area (Å²) in [5, 5.41) is -0.490. The highest BCUT2D eigenvalue weighted by atomic mass is 35.5. The fraction of sp³-hybridized carbons (Fsp3) is 0.600. The quantitative estimate of drug-likeness (QED) is 0.788. The van der Waals surface area contributed by atoms with Gasteiger partial charge in [-0.1, -0.05) is 37.6 Å². The predicted molar refractivity (Wildman–Crippen MR) is 91.9 cm³/mol. The van der Waals surface area contributed by atoms with Crippen LogP contribution in [0.25, 0.3) is 0 Å². The zero-order valence-corrected chi connectivity index (χ0v) is 15.7. The Hall–Kier alpha value is -0.630. The van der Waals surface area contributed by atoms with Crippen LogP contribution in [0.1, 0.15) is 26.7 Å². The Morgan fingerprint density at radius 2 is 1.87 bits per heavy atom. The van der Waals surface area contributed by atoms with E-state index in [1.165, 1.54) is 16.4 Å². The standard InChI is InChI=1S/C15H22ClNO4S2/c1-12(2)11-22(18,19)13-6-5-9-17(10-13)23(20,21)15-8-4-3-7-14(15)16/h3-4,7-8,12-13H,5-6,9-11H2,1-2H3. The maximum Gasteiger partial charge on any atom is 0.244 e. The number of sulfone groups is 1. The molecule has 0 N–H and O–H groups in total. The van der Waals surface area contributed by atoms with E-state index < -0.39 is 25.1 Å². The number of nitrogens with zero attached hydrogens (tertiary/aromatic N) is 1. The number of benzene rings is 1. The number of rotatable bonds is 5. The molecule has 0 bridgehead atoms. The third-order valence-electron chi connectivity index (χ3n) is 3.87. The molecule has 1 aromatic carbocycles. The maximum absolute atomic E-state index is 12.7. The monoisotopic (exact) mass is 379 g/mol. The minimum absolute atomic E-state index is 0.00259. The summed E-state index contributed by atoms with van der Waals surface area (Å²) in [6, 6.07) is 6.23. The first-order valence-electron chi connectivity index (χ1n) is 7.61. The molecule has 1 aliphatic rings. The van der Waals surface area contributed by atoms with Crippen LogP contribution in [0, 0.1) is 5.92 Å². The average Bonchev–Trinajstić information content (AvgIpc) is 2.46. The van der Waals surface area contributed by atoms with Crippen LogP contribution >= 0.6 is 11.6 Å². The van der Waals surface area contributed by atoms with E-state index in [2.05, 4.69) is 0 Å². The van der Waals surface area contributed by atoms with Gasteiger partial charge >= 0.3 is 0 Å². The maximum atomic E-state index is 12.7. The number of halogens is 1. The molecule has 130 valence electrons. The molecule has 1 heterocycles. The lowest BCUT2D eigenvalue weighted by molar-refractivity contribution is 0.345. The Labute approximate surface area is 143 Å². The number of hydrogen-bond donors (Lipinski definition) is 0. The van der Waals surface area contributed by atoms with Crippen molar-refractivity contribution in [3.63, 3.8) is 0 Å². The second-order valence-corrected chi connectivity index (χ2v) is 10.9. The molecule has 0 aliphatic carbocycles. The van der Waals surface area contributed by atoms with Crippen LogP contribution in [0.2, 0.25) is 5.02 Å². The third kappa shape index (κ3) is 4.26. The van der Waals surface area contributed by atoms with Crippen LogP contribution in [0.15, 0.2) is 29.2 Å². The van der Waals surface area contributed by atoms with Crippen LogP contribution in [0.4, 0.5) is 0 Å². The smallest absolute Gasteiger partial charge is 0.228 e. The molecule has 1 fully saturated rings. The van der Waals surface area contributed by atoms with Gasteiger partial charge in [0.2, 0.25) is 10.0 Å². The van der Waals surface area contributed by atoms with Crippen LogP contribution in [0.5, 0.6) is 0 Å². The summed E-state index contributed by atoms with van der Waals surface area (Å²) >= 11 is 6.00. The lowest BCUT2D eigenvalue weighted by Gasteiger charge is -2.32. The van der Waals surface area contributed by atoms with Gasteiger partial charge in [-0.15, -0.1) is 0 Å². The van der Waals surface area contributed by atoms with Gasteiger partial charge in [0.05, 0.1) is 16.0 Å². The average molecular weight is 380 g/mol. The molecule has 5 nitrogen and oxygen atoms in total. The molecule has 1 aliphatic heterocycles. The molecular weight excluding hydrogens is 358 g/mol. The SMILES string of the molecule is CC(C)CS(=O)(=O)C1CCCN(S(=O)(=O)c2ccccc2Cl)C1. The van der Waals surface area contributed by atoms with Crippen LogP contribution in [-0.2, 0) is 19.9 Å². The van der Waals surface area contributed by atoms with Crippen molar-refractivity contribution in [2.75, 3.05) is 18.8 Å². The Morgan fingerprint density at radius 1 is 1.22 bits per heavy atom. The van der Waals surface area contributed by atoms with Crippen molar-refractivity contribution in [1.29, 1.82) is 0 Å². The summed E-state index contributed by atoms with van der Waals surface area (Å²) in [7, 11) is -7.08. The van der Waals surface area contributed by atoms with Crippen molar-refractivity contribution < 1.29 is 16.8 Å². The number of sulfonamides is 1. The number of piperidine rings is 1. The van der Waals surface area contributed by atoms with Gasteiger partial charge in [0, 0.05) is 13.1 Å². The van der Waals surface area contributed by atoms with Gasteiger partial charge in [-0.25, -0.2) is 16.8 Å². The van der Waals surface area contributed by atoms with Gasteiger partial charge in [0.25, 0.3) is 0 Å². The highest BCUT2D eigenvalue weighted by Gasteiger charge is 2.36. The van der Waals surface area contributed by atoms with Crippen molar-refractivity contribution in [2.45, 2.75) is 36.8 Å². The van der Waals surface area contributed by atoms with Gasteiger partial charge in [-0.2, -0.15) is 4.31 Å². The highest BCUT2D eigenvalue weighted by molar-refractivity contribution is 7.92. The van der Waals surface area contributed by atoms with Crippen LogP contribution in [0.3, 0.4) is 0 Å². The summed E-state index contributed by atoms with van der Waals surface area (Å²) in [5.74, 6) is 0.105. The minimum atomic E-state index is -3.78. The highest BCUT2D eigenvalue weighted by Crippen LogP contribution is 2.28. The van der Waals surface area contributed by atoms with E-state index in [4.69, 9.17) is 11.6 Å². The Morgan fingerprint density at radius 3 is 2.48 bits per heavy atom. The lowest BCUT2D eigenvalue weighted by atomic mass is 10.2. The minimum Gasteiger partial charge on any atom is -0.228 e. The fourth-order valence-corrected chi connectivity index (χ4v) is 7.06. The molecule has 1 aromatic rings. The first kappa shape index (κ1) is 18.7. The first-order chi connectivity index (χ1) is 10.6. The second kappa shape index (κ2) is 7.09. The zero-order chi connectivity index (χ0) is 17.3. The topological polar surface area (TPSA) is 71.5 Å². The molecule has 1 unspecified atom stereocenters. The van der Waals surface area contributed by atoms with E-state index in [-0.39, 0.29) is 28.1 Å². The van der Waals surface area contributed by atoms with Gasteiger partial charge in [0.1, 0.15) is 4.90 Å². The summed E-state index contributed by atoms with van der Waals surface area (Å²) in [6.07, 6.45) is 1.04. The van der Waals surface area contributed by atoms with E-state index in [1.807, 2.05) is 13.8 Å². The second-order valence-electron chi connectivity index (χ2n) is 6.28. The van der Waals surface area contributed by atoms with E-state index in [0.29, 0.717) is 19.4 Å². The largest absolute Gasteiger partial charge is 0.244 e. The Bertz CT molecular complexity index is 759. The van der Waals surface area contributed by atoms with Gasteiger partial charge in [-0.05, 0) is 30.9 Å². The molecular formula is C15H22ClNO4S2. The lowest BCUT2D eigenvalue weighted by Crippen LogP contribution is -2.46. The summed E-state index contributed by atoms with van der Waals surface area (Å²) in [4.78, 5) is 0.0311. The molecule has 0 saturated carbocycles. The molecule has 2 rings (SSSR count). The molecule has 1 atom stereocenters. The Kier molecular flexibility index (Phi) is 5.76. The van der Waals surface area contributed by atoms with Crippen LogP contribution < -0.4 is 0 Å². The van der Waals surface area contributed by atoms with Gasteiger partial charge in [-0.3, -0.25) is 0 Å². The molecule has 0 spiro atoms.